The molecular formula is C21H28N6O. The van der Waals surface area contributed by atoms with Gasteiger partial charge in [0.15, 0.2) is 11.7 Å². The molecule has 0 bridgehead atoms. The number of carbonyl (C=O) groups is 1. The van der Waals surface area contributed by atoms with E-state index in [1.54, 1.807) is 0 Å². The molecule has 1 aromatic heterocycles. The molecule has 3 rings (SSSR count). The molecule has 0 spiro atoms. The van der Waals surface area contributed by atoms with Gasteiger partial charge in [0, 0.05) is 32.7 Å². The monoisotopic (exact) mass is 380 g/mol. The number of para-hydroxylation sites is 2. The van der Waals surface area contributed by atoms with Crippen LogP contribution in [0.1, 0.15) is 38.3 Å². The second-order valence-electron chi connectivity index (χ2n) is 7.05. The van der Waals surface area contributed by atoms with Gasteiger partial charge in [-0.3, -0.25) is 4.79 Å². The molecule has 1 aromatic carbocycles. The summed E-state index contributed by atoms with van der Waals surface area (Å²) in [7, 11) is 0. The highest BCUT2D eigenvalue weighted by molar-refractivity contribution is 5.88. The van der Waals surface area contributed by atoms with Crippen molar-refractivity contribution in [2.24, 2.45) is 0 Å². The predicted octanol–water partition coefficient (Wildman–Crippen LogP) is 2.30. The summed E-state index contributed by atoms with van der Waals surface area (Å²) in [6.07, 6.45) is 1.87. The number of likely N-dealkylation sites (N-methyl/N-ethyl adjacent to an activating group) is 1. The van der Waals surface area contributed by atoms with Gasteiger partial charge in [0.1, 0.15) is 5.69 Å². The van der Waals surface area contributed by atoms with Crippen LogP contribution in [-0.4, -0.2) is 60.0 Å². The molecule has 7 heteroatoms. The molecule has 1 aliphatic rings. The number of fused-ring (bicyclic) bond motifs is 1. The minimum absolute atomic E-state index is 0.297. The zero-order valence-electron chi connectivity index (χ0n) is 16.7. The van der Waals surface area contributed by atoms with E-state index in [0.717, 1.165) is 51.1 Å². The molecule has 1 amide bonds. The van der Waals surface area contributed by atoms with E-state index in [1.165, 1.54) is 0 Å². The number of piperazine rings is 1. The summed E-state index contributed by atoms with van der Waals surface area (Å²) in [5.41, 5.74) is 1.94. The Morgan fingerprint density at radius 3 is 2.46 bits per heavy atom. The van der Waals surface area contributed by atoms with E-state index in [-0.39, 0.29) is 5.91 Å². The standard InChI is InChI=1S/C21H28N6O/c1-3-5-10-23-21(28)16(15-22)19-20(27-13-11-26(4-2)12-14-27)25-18-9-7-6-8-17(18)24-19/h6-9,16H,3-5,10-14H2,1-2H3,(H,23,28)/t16-/m0/s1. The van der Waals surface area contributed by atoms with Gasteiger partial charge in [0.25, 0.3) is 0 Å². The van der Waals surface area contributed by atoms with Crippen LogP contribution in [0.15, 0.2) is 24.3 Å². The van der Waals surface area contributed by atoms with E-state index in [1.807, 2.05) is 24.3 Å². The van der Waals surface area contributed by atoms with Crippen molar-refractivity contribution in [2.45, 2.75) is 32.6 Å². The van der Waals surface area contributed by atoms with Crippen molar-refractivity contribution in [3.8, 4) is 6.07 Å². The predicted molar refractivity (Wildman–Crippen MR) is 110 cm³/mol. The number of carbonyl (C=O) groups excluding carboxylic acids is 1. The van der Waals surface area contributed by atoms with Gasteiger partial charge >= 0.3 is 0 Å². The first-order valence-electron chi connectivity index (χ1n) is 10.1. The van der Waals surface area contributed by atoms with Crippen LogP contribution in [0.3, 0.4) is 0 Å². The molecule has 1 atom stereocenters. The number of unbranched alkanes of at least 4 members (excludes halogenated alkanes) is 1. The maximum Gasteiger partial charge on any atom is 0.243 e. The molecule has 1 saturated heterocycles. The van der Waals surface area contributed by atoms with Crippen LogP contribution in [0.5, 0.6) is 0 Å². The van der Waals surface area contributed by atoms with Crippen LogP contribution in [0.2, 0.25) is 0 Å². The van der Waals surface area contributed by atoms with Crippen molar-refractivity contribution in [2.75, 3.05) is 44.2 Å². The van der Waals surface area contributed by atoms with Crippen LogP contribution >= 0.6 is 0 Å². The summed E-state index contributed by atoms with van der Waals surface area (Å²) in [5.74, 6) is -0.603. The molecule has 0 radical (unpaired) electrons. The number of amides is 1. The van der Waals surface area contributed by atoms with Crippen LogP contribution in [0, 0.1) is 11.3 Å². The average molecular weight is 380 g/mol. The van der Waals surface area contributed by atoms with Gasteiger partial charge in [-0.15, -0.1) is 0 Å². The zero-order valence-corrected chi connectivity index (χ0v) is 16.7. The maximum absolute atomic E-state index is 12.7. The van der Waals surface area contributed by atoms with E-state index < -0.39 is 5.92 Å². The summed E-state index contributed by atoms with van der Waals surface area (Å²) < 4.78 is 0. The molecule has 1 aliphatic heterocycles. The maximum atomic E-state index is 12.7. The SMILES string of the molecule is CCCCNC(=O)[C@@H](C#N)c1nc2ccccc2nc1N1CCN(CC)CC1. The van der Waals surface area contributed by atoms with Gasteiger partial charge in [-0.1, -0.05) is 32.4 Å². The van der Waals surface area contributed by atoms with Gasteiger partial charge < -0.3 is 15.1 Å². The summed E-state index contributed by atoms with van der Waals surface area (Å²) >= 11 is 0. The van der Waals surface area contributed by atoms with Crippen molar-refractivity contribution >= 4 is 22.8 Å². The highest BCUT2D eigenvalue weighted by atomic mass is 16.1. The number of nitrogens with zero attached hydrogens (tertiary/aromatic N) is 5. The average Bonchev–Trinajstić information content (AvgIpc) is 2.74. The van der Waals surface area contributed by atoms with Gasteiger partial charge in [0.2, 0.25) is 5.91 Å². The number of rotatable bonds is 7. The van der Waals surface area contributed by atoms with E-state index in [9.17, 15) is 10.1 Å². The first-order valence-corrected chi connectivity index (χ1v) is 10.1. The highest BCUT2D eigenvalue weighted by Gasteiger charge is 2.29. The van der Waals surface area contributed by atoms with Gasteiger partial charge in [-0.2, -0.15) is 5.26 Å². The molecule has 0 aliphatic carbocycles. The van der Waals surface area contributed by atoms with E-state index in [2.05, 4.69) is 35.0 Å². The van der Waals surface area contributed by atoms with Crippen LogP contribution < -0.4 is 10.2 Å². The Morgan fingerprint density at radius 1 is 1.18 bits per heavy atom. The third kappa shape index (κ3) is 4.39. The third-order valence-electron chi connectivity index (χ3n) is 5.19. The molecule has 0 unspecified atom stereocenters. The van der Waals surface area contributed by atoms with Crippen LogP contribution in [0.4, 0.5) is 5.82 Å². The smallest absolute Gasteiger partial charge is 0.243 e. The Hall–Kier alpha value is -2.72. The van der Waals surface area contributed by atoms with Crippen molar-refractivity contribution in [3.05, 3.63) is 30.0 Å². The second kappa shape index (κ2) is 9.47. The summed E-state index contributed by atoms with van der Waals surface area (Å²) in [5, 5.41) is 12.6. The first-order chi connectivity index (χ1) is 13.7. The second-order valence-corrected chi connectivity index (χ2v) is 7.05. The molecule has 28 heavy (non-hydrogen) atoms. The Balaban J connectivity index is 1.96. The molecule has 2 aromatic rings. The Labute approximate surface area is 166 Å². The molecular weight excluding hydrogens is 352 g/mol. The molecule has 0 saturated carbocycles. The minimum atomic E-state index is -0.965. The fraction of sp³-hybridized carbons (Fsp3) is 0.524. The lowest BCUT2D eigenvalue weighted by Crippen LogP contribution is -2.47. The quantitative estimate of drug-likeness (QED) is 0.742. The van der Waals surface area contributed by atoms with Gasteiger partial charge in [-0.25, -0.2) is 9.97 Å². The lowest BCUT2D eigenvalue weighted by atomic mass is 10.0. The van der Waals surface area contributed by atoms with Crippen LogP contribution in [0.25, 0.3) is 11.0 Å². The number of nitriles is 1. The molecule has 1 N–H and O–H groups in total. The van der Waals surface area contributed by atoms with Crippen LogP contribution in [-0.2, 0) is 4.79 Å². The summed E-state index contributed by atoms with van der Waals surface area (Å²) in [6, 6.07) is 9.76. The van der Waals surface area contributed by atoms with Crippen molar-refractivity contribution in [1.82, 2.24) is 20.2 Å². The number of nitrogens with one attached hydrogen (secondary N) is 1. The number of hydrogen-bond acceptors (Lipinski definition) is 6. The number of anilines is 1. The molecule has 7 nitrogen and oxygen atoms in total. The topological polar surface area (TPSA) is 85.1 Å². The Morgan fingerprint density at radius 2 is 1.86 bits per heavy atom. The Kier molecular flexibility index (Phi) is 6.77. The summed E-state index contributed by atoms with van der Waals surface area (Å²) in [6.45, 7) is 9.30. The van der Waals surface area contributed by atoms with Crippen molar-refractivity contribution in [3.63, 3.8) is 0 Å². The normalized spacial score (nSPS) is 16.0. The van der Waals surface area contributed by atoms with Gasteiger partial charge in [0.05, 0.1) is 17.1 Å². The zero-order chi connectivity index (χ0) is 19.9. The largest absolute Gasteiger partial charge is 0.355 e. The number of aromatic nitrogens is 2. The molecule has 2 heterocycles. The van der Waals surface area contributed by atoms with E-state index in [4.69, 9.17) is 9.97 Å². The van der Waals surface area contributed by atoms with Crippen molar-refractivity contribution in [1.29, 1.82) is 5.26 Å². The lowest BCUT2D eigenvalue weighted by Gasteiger charge is -2.35. The fourth-order valence-corrected chi connectivity index (χ4v) is 3.44. The Bertz CT molecular complexity index is 854. The molecule has 1 fully saturated rings. The van der Waals surface area contributed by atoms with E-state index >= 15 is 0 Å². The highest BCUT2D eigenvalue weighted by Crippen LogP contribution is 2.28. The third-order valence-corrected chi connectivity index (χ3v) is 5.19. The van der Waals surface area contributed by atoms with Crippen molar-refractivity contribution < 1.29 is 4.79 Å². The number of hydrogen-bond donors (Lipinski definition) is 1. The minimum Gasteiger partial charge on any atom is -0.355 e. The summed E-state index contributed by atoms with van der Waals surface area (Å²) in [4.78, 5) is 26.7. The fourth-order valence-electron chi connectivity index (χ4n) is 3.44. The van der Waals surface area contributed by atoms with E-state index in [0.29, 0.717) is 23.6 Å². The van der Waals surface area contributed by atoms with Gasteiger partial charge in [-0.05, 0) is 25.1 Å². The first kappa shape index (κ1) is 20.0. The molecule has 148 valence electrons. The lowest BCUT2D eigenvalue weighted by molar-refractivity contribution is -0.121. The number of benzene rings is 1.